The summed E-state index contributed by atoms with van der Waals surface area (Å²) in [6.45, 7) is 0. The first-order valence-electron chi connectivity index (χ1n) is 8.86. The number of rotatable bonds is 3. The quantitative estimate of drug-likeness (QED) is 0.855. The van der Waals surface area contributed by atoms with Crippen LogP contribution in [0, 0.1) is 17.3 Å². The number of carbonyl (C=O) groups is 1. The molecule has 0 saturated heterocycles. The Balaban J connectivity index is 1.48. The molecule has 4 saturated carbocycles. The average molecular weight is 402 g/mol. The van der Waals surface area contributed by atoms with Crippen LogP contribution in [-0.2, 0) is 10.3 Å². The molecule has 6 nitrogen and oxygen atoms in total. The lowest BCUT2D eigenvalue weighted by atomic mass is 9.46. The van der Waals surface area contributed by atoms with Crippen LogP contribution in [-0.4, -0.2) is 25.7 Å². The van der Waals surface area contributed by atoms with Crippen molar-refractivity contribution in [3.63, 3.8) is 0 Å². The maximum Gasteiger partial charge on any atom is 0.230 e. The lowest BCUT2D eigenvalue weighted by molar-refractivity contribution is -0.150. The van der Waals surface area contributed by atoms with E-state index < -0.39 is 0 Å². The maximum absolute atomic E-state index is 13.3. The van der Waals surface area contributed by atoms with Gasteiger partial charge in [0.25, 0.3) is 0 Å². The van der Waals surface area contributed by atoms with E-state index in [0.717, 1.165) is 37.8 Å². The number of hydrogen-bond donors (Lipinski definition) is 1. The summed E-state index contributed by atoms with van der Waals surface area (Å²) in [4.78, 5) is 21.6. The molecule has 0 aliphatic heterocycles. The van der Waals surface area contributed by atoms with E-state index in [2.05, 4.69) is 36.3 Å². The third-order valence-electron chi connectivity index (χ3n) is 6.38. The highest BCUT2D eigenvalue weighted by molar-refractivity contribution is 9.10. The minimum absolute atomic E-state index is 0.0601. The van der Waals surface area contributed by atoms with Crippen LogP contribution in [0.3, 0.4) is 0 Å². The Labute approximate surface area is 154 Å². The van der Waals surface area contributed by atoms with Gasteiger partial charge in [0.1, 0.15) is 6.33 Å². The van der Waals surface area contributed by atoms with Gasteiger partial charge < -0.3 is 5.32 Å². The summed E-state index contributed by atoms with van der Waals surface area (Å²) in [5, 5.41) is 7.67. The second-order valence-corrected chi connectivity index (χ2v) is 8.83. The van der Waals surface area contributed by atoms with Crippen molar-refractivity contribution >= 4 is 27.5 Å². The van der Waals surface area contributed by atoms with Gasteiger partial charge in [-0.05, 0) is 78.4 Å². The lowest BCUT2D eigenvalue weighted by Crippen LogP contribution is -2.60. The summed E-state index contributed by atoms with van der Waals surface area (Å²) in [6, 6.07) is 3.75. The SMILES string of the molecule is O=C(Nc1cccnc1)C12C[C@H]3C[C@H](C1)CC(n1cnc(Br)n1)(C3)C2. The molecule has 2 aromatic heterocycles. The van der Waals surface area contributed by atoms with Crippen LogP contribution in [0.1, 0.15) is 38.5 Å². The van der Waals surface area contributed by atoms with Crippen molar-refractivity contribution in [2.45, 2.75) is 44.1 Å². The standard InChI is InChI=1S/C18H20BrN5O/c19-16-21-11-24(23-16)18-7-12-4-13(8-18)6-17(5-12,10-18)15(25)22-14-2-1-3-20-9-14/h1-3,9,11-13H,4-8,10H2,(H,22,25)/t12-,13-,17?,18?/m1/s1. The molecule has 4 aliphatic rings. The zero-order chi connectivity index (χ0) is 17.1. The van der Waals surface area contributed by atoms with Crippen LogP contribution in [0.5, 0.6) is 0 Å². The number of nitrogens with one attached hydrogen (secondary N) is 1. The summed E-state index contributed by atoms with van der Waals surface area (Å²) in [7, 11) is 0. The van der Waals surface area contributed by atoms with Gasteiger partial charge in [-0.15, -0.1) is 5.10 Å². The van der Waals surface area contributed by atoms with Crippen molar-refractivity contribution in [1.29, 1.82) is 0 Å². The zero-order valence-corrected chi connectivity index (χ0v) is 15.4. The third kappa shape index (κ3) is 2.43. The number of halogens is 1. The Hall–Kier alpha value is -1.76. The Bertz CT molecular complexity index is 806. The molecule has 1 amide bonds. The van der Waals surface area contributed by atoms with Crippen molar-refractivity contribution in [2.24, 2.45) is 17.3 Å². The zero-order valence-electron chi connectivity index (χ0n) is 13.9. The molecule has 4 bridgehead atoms. The molecule has 0 spiro atoms. The lowest BCUT2D eigenvalue weighted by Gasteiger charge is -2.60. The molecule has 0 aromatic carbocycles. The van der Waals surface area contributed by atoms with Crippen molar-refractivity contribution < 1.29 is 4.79 Å². The molecule has 2 aromatic rings. The van der Waals surface area contributed by atoms with Crippen LogP contribution in [0.4, 0.5) is 5.69 Å². The first-order chi connectivity index (χ1) is 12.1. The van der Waals surface area contributed by atoms with Crippen LogP contribution >= 0.6 is 15.9 Å². The topological polar surface area (TPSA) is 72.7 Å². The highest BCUT2D eigenvalue weighted by Crippen LogP contribution is 2.64. The van der Waals surface area contributed by atoms with E-state index in [0.29, 0.717) is 16.6 Å². The molecule has 6 rings (SSSR count). The van der Waals surface area contributed by atoms with E-state index in [1.807, 2.05) is 23.1 Å². The van der Waals surface area contributed by atoms with E-state index in [9.17, 15) is 4.79 Å². The van der Waals surface area contributed by atoms with E-state index >= 15 is 0 Å². The van der Waals surface area contributed by atoms with Gasteiger partial charge in [0, 0.05) is 6.20 Å². The number of carbonyl (C=O) groups excluding carboxylic acids is 1. The van der Waals surface area contributed by atoms with Crippen LogP contribution in [0.15, 0.2) is 35.6 Å². The molecule has 25 heavy (non-hydrogen) atoms. The van der Waals surface area contributed by atoms with E-state index in [-0.39, 0.29) is 16.9 Å². The van der Waals surface area contributed by atoms with E-state index in [1.54, 1.807) is 12.4 Å². The first kappa shape index (κ1) is 15.5. The molecule has 4 aliphatic carbocycles. The normalized spacial score (nSPS) is 35.7. The van der Waals surface area contributed by atoms with Crippen molar-refractivity contribution in [1.82, 2.24) is 19.7 Å². The minimum Gasteiger partial charge on any atom is -0.324 e. The van der Waals surface area contributed by atoms with Crippen LogP contribution < -0.4 is 5.32 Å². The molecular formula is C18H20BrN5O. The second kappa shape index (κ2) is 5.37. The summed E-state index contributed by atoms with van der Waals surface area (Å²) in [5.74, 6) is 1.35. The number of pyridine rings is 1. The molecule has 7 heteroatoms. The van der Waals surface area contributed by atoms with Gasteiger partial charge in [-0.25, -0.2) is 9.67 Å². The molecule has 130 valence electrons. The first-order valence-corrected chi connectivity index (χ1v) is 9.65. The molecule has 2 atom stereocenters. The summed E-state index contributed by atoms with van der Waals surface area (Å²) in [5.41, 5.74) is 0.425. The Morgan fingerprint density at radius 2 is 2.08 bits per heavy atom. The number of anilines is 1. The molecule has 1 N–H and O–H groups in total. The fourth-order valence-corrected chi connectivity index (χ4v) is 6.18. The molecule has 4 fully saturated rings. The Morgan fingerprint density at radius 3 is 2.72 bits per heavy atom. The van der Waals surface area contributed by atoms with Crippen molar-refractivity contribution in [3.05, 3.63) is 35.6 Å². The van der Waals surface area contributed by atoms with Gasteiger partial charge in [0.2, 0.25) is 10.6 Å². The Morgan fingerprint density at radius 1 is 1.28 bits per heavy atom. The van der Waals surface area contributed by atoms with Gasteiger partial charge in [0.15, 0.2) is 0 Å². The predicted octanol–water partition coefficient (Wildman–Crippen LogP) is 3.37. The fraction of sp³-hybridized carbons (Fsp3) is 0.556. The van der Waals surface area contributed by atoms with Gasteiger partial charge in [-0.2, -0.15) is 0 Å². The monoisotopic (exact) mass is 401 g/mol. The summed E-state index contributed by atoms with van der Waals surface area (Å²) < 4.78 is 2.65. The number of aromatic nitrogens is 4. The fourth-order valence-electron chi connectivity index (χ4n) is 5.92. The van der Waals surface area contributed by atoms with Crippen molar-refractivity contribution in [3.8, 4) is 0 Å². The van der Waals surface area contributed by atoms with Gasteiger partial charge in [0.05, 0.1) is 22.8 Å². The smallest absolute Gasteiger partial charge is 0.230 e. The molecular weight excluding hydrogens is 382 g/mol. The van der Waals surface area contributed by atoms with Gasteiger partial charge in [-0.3, -0.25) is 9.78 Å². The van der Waals surface area contributed by atoms with Crippen molar-refractivity contribution in [2.75, 3.05) is 5.32 Å². The maximum atomic E-state index is 13.3. The molecule has 0 radical (unpaired) electrons. The highest BCUT2D eigenvalue weighted by atomic mass is 79.9. The number of nitrogens with zero attached hydrogens (tertiary/aromatic N) is 4. The van der Waals surface area contributed by atoms with Crippen LogP contribution in [0.25, 0.3) is 0 Å². The van der Waals surface area contributed by atoms with E-state index in [4.69, 9.17) is 0 Å². The second-order valence-electron chi connectivity index (χ2n) is 8.12. The van der Waals surface area contributed by atoms with E-state index in [1.165, 1.54) is 6.42 Å². The largest absolute Gasteiger partial charge is 0.324 e. The van der Waals surface area contributed by atoms with Gasteiger partial charge in [-0.1, -0.05) is 0 Å². The Kier molecular flexibility index (Phi) is 3.33. The summed E-state index contributed by atoms with van der Waals surface area (Å²) >= 11 is 3.37. The highest BCUT2D eigenvalue weighted by Gasteiger charge is 2.61. The predicted molar refractivity (Wildman–Crippen MR) is 95.7 cm³/mol. The summed E-state index contributed by atoms with van der Waals surface area (Å²) in [6.07, 6.45) is 11.6. The van der Waals surface area contributed by atoms with Gasteiger partial charge >= 0.3 is 0 Å². The number of amides is 1. The average Bonchev–Trinajstić information content (AvgIpc) is 3.02. The minimum atomic E-state index is -0.293. The van der Waals surface area contributed by atoms with Crippen LogP contribution in [0.2, 0.25) is 0 Å². The molecule has 2 heterocycles. The molecule has 0 unspecified atom stereocenters. The third-order valence-corrected chi connectivity index (χ3v) is 6.74. The number of hydrogen-bond acceptors (Lipinski definition) is 4.